The first kappa shape index (κ1) is 15.4. The van der Waals surface area contributed by atoms with Crippen molar-refractivity contribution in [1.29, 1.82) is 0 Å². The van der Waals surface area contributed by atoms with Crippen molar-refractivity contribution in [1.82, 2.24) is 0 Å². The second kappa shape index (κ2) is 6.39. The molecular formula is C20H14Cl2O2. The molecule has 0 atom stereocenters. The van der Waals surface area contributed by atoms with Crippen LogP contribution < -0.4 is 9.47 Å². The molecule has 0 aliphatic carbocycles. The molecule has 4 heteroatoms. The van der Waals surface area contributed by atoms with Crippen molar-refractivity contribution in [3.05, 3.63) is 76.8 Å². The molecule has 0 saturated heterocycles. The van der Waals surface area contributed by atoms with Gasteiger partial charge >= 0.3 is 0 Å². The fraction of sp³-hybridized carbons (Fsp3) is 0.100. The van der Waals surface area contributed by atoms with E-state index in [1.165, 1.54) is 0 Å². The van der Waals surface area contributed by atoms with E-state index < -0.39 is 0 Å². The lowest BCUT2D eigenvalue weighted by atomic mass is 9.99. The Bertz CT molecular complexity index is 930. The molecule has 2 nitrogen and oxygen atoms in total. The molecule has 0 unspecified atom stereocenters. The topological polar surface area (TPSA) is 18.5 Å². The van der Waals surface area contributed by atoms with Gasteiger partial charge in [-0.25, -0.2) is 0 Å². The Morgan fingerprint density at radius 1 is 0.917 bits per heavy atom. The number of rotatable bonds is 3. The van der Waals surface area contributed by atoms with Crippen LogP contribution in [-0.4, -0.2) is 13.2 Å². The summed E-state index contributed by atoms with van der Waals surface area (Å²) >= 11 is 12.6. The van der Waals surface area contributed by atoms with Gasteiger partial charge < -0.3 is 9.47 Å². The van der Waals surface area contributed by atoms with Gasteiger partial charge in [-0.3, -0.25) is 0 Å². The number of benzene rings is 3. The Kier molecular flexibility index (Phi) is 4.09. The first-order valence-corrected chi connectivity index (χ1v) is 8.39. The third kappa shape index (κ3) is 2.83. The summed E-state index contributed by atoms with van der Waals surface area (Å²) in [5, 5.41) is 3.62. The summed E-state index contributed by atoms with van der Waals surface area (Å²) in [6.07, 6.45) is 0. The first-order chi connectivity index (χ1) is 11.7. The van der Waals surface area contributed by atoms with E-state index in [4.69, 9.17) is 32.7 Å². The fourth-order valence-corrected chi connectivity index (χ4v) is 3.24. The van der Waals surface area contributed by atoms with Gasteiger partial charge in [-0.1, -0.05) is 53.5 Å². The van der Waals surface area contributed by atoms with E-state index >= 15 is 0 Å². The van der Waals surface area contributed by atoms with Crippen LogP contribution in [0, 0.1) is 0 Å². The summed E-state index contributed by atoms with van der Waals surface area (Å²) < 4.78 is 11.7. The molecule has 0 radical (unpaired) electrons. The summed E-state index contributed by atoms with van der Waals surface area (Å²) in [7, 11) is 0. The van der Waals surface area contributed by atoms with Gasteiger partial charge in [0, 0.05) is 16.2 Å². The minimum Gasteiger partial charge on any atom is -0.489 e. The number of hydrogen-bond acceptors (Lipinski definition) is 2. The molecule has 1 heterocycles. The normalized spacial score (nSPS) is 13.6. The van der Waals surface area contributed by atoms with Gasteiger partial charge in [0.15, 0.2) is 0 Å². The second-order valence-corrected chi connectivity index (χ2v) is 6.42. The van der Waals surface area contributed by atoms with Crippen LogP contribution in [0.1, 0.15) is 5.56 Å². The summed E-state index contributed by atoms with van der Waals surface area (Å²) in [5.41, 5.74) is 1.87. The molecule has 0 amide bonds. The highest BCUT2D eigenvalue weighted by molar-refractivity contribution is 6.50. The van der Waals surface area contributed by atoms with E-state index in [9.17, 15) is 0 Å². The van der Waals surface area contributed by atoms with Crippen molar-refractivity contribution in [2.75, 3.05) is 13.2 Å². The maximum atomic E-state index is 6.68. The molecule has 4 rings (SSSR count). The minimum absolute atomic E-state index is 0.378. The van der Waals surface area contributed by atoms with Gasteiger partial charge in [0.2, 0.25) is 0 Å². The summed E-state index contributed by atoms with van der Waals surface area (Å²) in [5.74, 6) is 1.56. The molecule has 0 N–H and O–H groups in total. The van der Waals surface area contributed by atoms with E-state index in [0.717, 1.165) is 33.4 Å². The van der Waals surface area contributed by atoms with E-state index in [1.54, 1.807) is 12.1 Å². The molecule has 0 saturated carbocycles. The molecule has 0 fully saturated rings. The van der Waals surface area contributed by atoms with Crippen molar-refractivity contribution >= 4 is 39.0 Å². The Balaban J connectivity index is 1.67. The minimum atomic E-state index is 0.378. The van der Waals surface area contributed by atoms with Crippen LogP contribution in [-0.2, 0) is 0 Å². The maximum absolute atomic E-state index is 6.68. The summed E-state index contributed by atoms with van der Waals surface area (Å²) in [4.78, 5) is 0. The molecule has 0 spiro atoms. The van der Waals surface area contributed by atoms with Crippen LogP contribution in [0.4, 0.5) is 0 Å². The Hall–Kier alpha value is -2.16. The third-order valence-corrected chi connectivity index (χ3v) is 4.76. The average molecular weight is 357 g/mol. The zero-order valence-electron chi connectivity index (χ0n) is 12.8. The Morgan fingerprint density at radius 2 is 1.71 bits per heavy atom. The molecule has 24 heavy (non-hydrogen) atoms. The van der Waals surface area contributed by atoms with E-state index in [1.807, 2.05) is 36.4 Å². The molecule has 1 aliphatic heterocycles. The van der Waals surface area contributed by atoms with Crippen molar-refractivity contribution < 1.29 is 9.47 Å². The highest BCUT2D eigenvalue weighted by Crippen LogP contribution is 2.40. The lowest BCUT2D eigenvalue weighted by molar-refractivity contribution is 0.298. The van der Waals surface area contributed by atoms with Crippen molar-refractivity contribution in [3.63, 3.8) is 0 Å². The summed E-state index contributed by atoms with van der Waals surface area (Å²) in [6, 6.07) is 19.4. The predicted octanol–water partition coefficient (Wildman–Crippen LogP) is 5.91. The Morgan fingerprint density at radius 3 is 2.54 bits per heavy atom. The molecular weight excluding hydrogens is 343 g/mol. The van der Waals surface area contributed by atoms with E-state index in [2.05, 4.69) is 12.1 Å². The van der Waals surface area contributed by atoms with Crippen LogP contribution in [0.2, 0.25) is 5.02 Å². The average Bonchev–Trinajstić information content (AvgIpc) is 2.62. The molecule has 0 aromatic heterocycles. The predicted molar refractivity (Wildman–Crippen MR) is 99.2 cm³/mol. The third-order valence-electron chi connectivity index (χ3n) is 4.05. The number of ether oxygens (including phenoxy) is 2. The fourth-order valence-electron chi connectivity index (χ4n) is 2.81. The smallest absolute Gasteiger partial charge is 0.129 e. The van der Waals surface area contributed by atoms with Crippen molar-refractivity contribution in [2.24, 2.45) is 0 Å². The van der Waals surface area contributed by atoms with Gasteiger partial charge in [0.25, 0.3) is 0 Å². The molecule has 3 aromatic rings. The monoisotopic (exact) mass is 356 g/mol. The van der Waals surface area contributed by atoms with Crippen LogP contribution in [0.25, 0.3) is 15.8 Å². The van der Waals surface area contributed by atoms with E-state index in [0.29, 0.717) is 23.3 Å². The van der Waals surface area contributed by atoms with Crippen molar-refractivity contribution in [2.45, 2.75) is 0 Å². The van der Waals surface area contributed by atoms with Crippen LogP contribution >= 0.6 is 23.2 Å². The van der Waals surface area contributed by atoms with Gasteiger partial charge in [0.1, 0.15) is 24.7 Å². The molecule has 0 bridgehead atoms. The highest BCUT2D eigenvalue weighted by Gasteiger charge is 2.21. The molecule has 3 aromatic carbocycles. The van der Waals surface area contributed by atoms with Gasteiger partial charge in [-0.15, -0.1) is 0 Å². The standard InChI is InChI=1S/C20H14Cl2O2/c21-15-6-8-16(9-7-15)23-11-14-12-24-18-10-5-13-3-1-2-4-17(13)19(18)20(14)22/h1-10H,11-12H2. The van der Waals surface area contributed by atoms with Crippen LogP contribution in [0.15, 0.2) is 66.2 Å². The SMILES string of the molecule is ClC1=C(COc2ccc(Cl)cc2)COc2ccc3ccccc3c21. The zero-order chi connectivity index (χ0) is 16.5. The van der Waals surface area contributed by atoms with Crippen LogP contribution in [0.5, 0.6) is 11.5 Å². The van der Waals surface area contributed by atoms with E-state index in [-0.39, 0.29) is 0 Å². The number of hydrogen-bond donors (Lipinski definition) is 0. The maximum Gasteiger partial charge on any atom is 0.129 e. The number of halogens is 2. The van der Waals surface area contributed by atoms with Gasteiger partial charge in [-0.2, -0.15) is 0 Å². The molecule has 1 aliphatic rings. The molecule has 120 valence electrons. The zero-order valence-corrected chi connectivity index (χ0v) is 14.3. The van der Waals surface area contributed by atoms with Crippen LogP contribution in [0.3, 0.4) is 0 Å². The quantitative estimate of drug-likeness (QED) is 0.580. The lowest BCUT2D eigenvalue weighted by Crippen LogP contribution is -2.15. The van der Waals surface area contributed by atoms with Gasteiger partial charge in [0.05, 0.1) is 5.03 Å². The van der Waals surface area contributed by atoms with Gasteiger partial charge in [-0.05, 0) is 41.1 Å². The first-order valence-electron chi connectivity index (χ1n) is 7.63. The summed E-state index contributed by atoms with van der Waals surface area (Å²) in [6.45, 7) is 0.806. The second-order valence-electron chi connectivity index (χ2n) is 5.61. The van der Waals surface area contributed by atoms with Crippen molar-refractivity contribution in [3.8, 4) is 11.5 Å². The largest absolute Gasteiger partial charge is 0.489 e. The highest BCUT2D eigenvalue weighted by atomic mass is 35.5. The Labute approximate surface area is 150 Å². The lowest BCUT2D eigenvalue weighted by Gasteiger charge is -2.22. The number of fused-ring (bicyclic) bond motifs is 3.